The van der Waals surface area contributed by atoms with E-state index in [4.69, 9.17) is 0 Å². The van der Waals surface area contributed by atoms with E-state index in [0.717, 1.165) is 0 Å². The van der Waals surface area contributed by atoms with Gasteiger partial charge in [0.2, 0.25) is 17.3 Å². The molecule has 1 aliphatic heterocycles. The second kappa shape index (κ2) is 3.02. The quantitative estimate of drug-likeness (QED) is 0.262. The van der Waals surface area contributed by atoms with Gasteiger partial charge in [-0.2, -0.15) is 0 Å². The lowest BCUT2D eigenvalue weighted by Gasteiger charge is -2.22. The van der Waals surface area contributed by atoms with Crippen molar-refractivity contribution in [3.8, 4) is 0 Å². The highest BCUT2D eigenvalue weighted by atomic mass is 16.5. The van der Waals surface area contributed by atoms with Crippen LogP contribution < -0.4 is 0 Å². The van der Waals surface area contributed by atoms with Gasteiger partial charge < -0.3 is 4.74 Å². The molecule has 0 saturated carbocycles. The molecule has 2 rings (SSSR count). The first kappa shape index (κ1) is 10.1. The molecule has 1 atom stereocenters. The molecule has 7 nitrogen and oxygen atoms in total. The fourth-order valence-electron chi connectivity index (χ4n) is 1.38. The van der Waals surface area contributed by atoms with E-state index >= 15 is 0 Å². The Bertz CT molecular complexity index is 522. The maximum atomic E-state index is 11.3. The third kappa shape index (κ3) is 1.14. The number of ether oxygens (including phenoxy) is 1. The number of allylic oxidation sites excluding steroid dienone is 2. The van der Waals surface area contributed by atoms with E-state index in [2.05, 4.69) is 4.74 Å². The van der Waals surface area contributed by atoms with Gasteiger partial charge in [-0.25, -0.2) is 4.79 Å². The van der Waals surface area contributed by atoms with E-state index < -0.39 is 46.6 Å². The van der Waals surface area contributed by atoms with E-state index in [-0.39, 0.29) is 0 Å². The number of fused-ring (bicyclic) bond motifs is 1. The van der Waals surface area contributed by atoms with Crippen LogP contribution in [0, 0.1) is 5.92 Å². The average Bonchev–Trinajstić information content (AvgIpc) is 2.23. The maximum Gasteiger partial charge on any atom is 0.388 e. The van der Waals surface area contributed by atoms with Gasteiger partial charge in [0.25, 0.3) is 5.78 Å². The monoisotopic (exact) mass is 222 g/mol. The van der Waals surface area contributed by atoms with Crippen molar-refractivity contribution in [3.05, 3.63) is 11.8 Å². The van der Waals surface area contributed by atoms with Gasteiger partial charge in [0.05, 0.1) is 0 Å². The zero-order valence-corrected chi connectivity index (χ0v) is 7.51. The molecule has 0 N–H and O–H groups in total. The predicted octanol–water partition coefficient (Wildman–Crippen LogP) is -2.10. The lowest BCUT2D eigenvalue weighted by atomic mass is 9.84. The minimum Gasteiger partial charge on any atom is -0.424 e. The fraction of sp³-hybridized carbons (Fsp3) is 0.111. The van der Waals surface area contributed by atoms with Crippen LogP contribution in [0.5, 0.6) is 0 Å². The second-order valence-corrected chi connectivity index (χ2v) is 3.12. The van der Waals surface area contributed by atoms with Gasteiger partial charge >= 0.3 is 11.8 Å². The zero-order chi connectivity index (χ0) is 12.0. The molecule has 1 fully saturated rings. The van der Waals surface area contributed by atoms with Gasteiger partial charge in [0.15, 0.2) is 5.92 Å². The SMILES string of the molecule is O=C1C=C2OC(=O)C(=O)C(=O)C2C(=O)C1=O. The molecule has 0 radical (unpaired) electrons. The van der Waals surface area contributed by atoms with Crippen molar-refractivity contribution in [2.24, 2.45) is 5.92 Å². The summed E-state index contributed by atoms with van der Waals surface area (Å²) in [7, 11) is 0. The van der Waals surface area contributed by atoms with Crippen LogP contribution in [0.2, 0.25) is 0 Å². The van der Waals surface area contributed by atoms with Gasteiger partial charge in [0, 0.05) is 6.08 Å². The van der Waals surface area contributed by atoms with Crippen molar-refractivity contribution in [2.45, 2.75) is 0 Å². The van der Waals surface area contributed by atoms with Crippen LogP contribution in [0.15, 0.2) is 11.8 Å². The Labute approximate surface area is 87.0 Å². The molecular formula is C9H2O7. The van der Waals surface area contributed by atoms with Crippen LogP contribution in [0.1, 0.15) is 0 Å². The number of hydrogen-bond donors (Lipinski definition) is 0. The van der Waals surface area contributed by atoms with Crippen LogP contribution in [0.3, 0.4) is 0 Å². The number of rotatable bonds is 0. The molecule has 1 aliphatic carbocycles. The Morgan fingerprint density at radius 1 is 0.875 bits per heavy atom. The van der Waals surface area contributed by atoms with Crippen LogP contribution >= 0.6 is 0 Å². The van der Waals surface area contributed by atoms with Crippen LogP contribution in [0.4, 0.5) is 0 Å². The Morgan fingerprint density at radius 3 is 2.06 bits per heavy atom. The second-order valence-electron chi connectivity index (χ2n) is 3.12. The number of ketones is 5. The number of carbonyl (C=O) groups excluding carboxylic acids is 6. The minimum atomic E-state index is -1.77. The first-order valence-corrected chi connectivity index (χ1v) is 4.08. The highest BCUT2D eigenvalue weighted by Gasteiger charge is 2.50. The minimum absolute atomic E-state index is 0.552. The average molecular weight is 222 g/mol. The molecule has 0 spiro atoms. The van der Waals surface area contributed by atoms with E-state index in [1.165, 1.54) is 0 Å². The predicted molar refractivity (Wildman–Crippen MR) is 42.7 cm³/mol. The summed E-state index contributed by atoms with van der Waals surface area (Å²) >= 11 is 0. The summed E-state index contributed by atoms with van der Waals surface area (Å²) in [6, 6.07) is 0. The summed E-state index contributed by atoms with van der Waals surface area (Å²) < 4.78 is 4.32. The van der Waals surface area contributed by atoms with Crippen molar-refractivity contribution >= 4 is 34.9 Å². The number of hydrogen-bond acceptors (Lipinski definition) is 7. The molecule has 80 valence electrons. The lowest BCUT2D eigenvalue weighted by molar-refractivity contribution is -0.162. The Hall–Kier alpha value is -2.44. The molecule has 1 heterocycles. The standard InChI is InChI=1S/C9H2O7/c10-2-1-3-4(6(12)5(2)11)7(13)8(14)9(15)16-3/h1,4H. The van der Waals surface area contributed by atoms with E-state index in [0.29, 0.717) is 6.08 Å². The van der Waals surface area contributed by atoms with E-state index in [1.54, 1.807) is 0 Å². The van der Waals surface area contributed by atoms with Crippen molar-refractivity contribution < 1.29 is 33.5 Å². The molecule has 7 heteroatoms. The lowest BCUT2D eigenvalue weighted by Crippen LogP contribution is -2.48. The summed E-state index contributed by atoms with van der Waals surface area (Å²) in [6.07, 6.45) is 0.580. The Morgan fingerprint density at radius 2 is 1.44 bits per heavy atom. The molecule has 16 heavy (non-hydrogen) atoms. The van der Waals surface area contributed by atoms with Gasteiger partial charge in [-0.1, -0.05) is 0 Å². The van der Waals surface area contributed by atoms with Crippen LogP contribution in [-0.4, -0.2) is 34.9 Å². The highest BCUT2D eigenvalue weighted by Crippen LogP contribution is 2.25. The van der Waals surface area contributed by atoms with Gasteiger partial charge in [0.1, 0.15) is 5.76 Å². The summed E-state index contributed by atoms with van der Waals surface area (Å²) in [5, 5.41) is 0. The molecule has 0 aromatic heterocycles. The summed E-state index contributed by atoms with van der Waals surface area (Å²) in [5.74, 6) is -10.5. The highest BCUT2D eigenvalue weighted by molar-refractivity contribution is 6.74. The molecule has 0 aromatic carbocycles. The molecule has 1 saturated heterocycles. The molecule has 2 aliphatic rings. The Balaban J connectivity index is 2.56. The topological polar surface area (TPSA) is 112 Å². The summed E-state index contributed by atoms with van der Waals surface area (Å²) in [6.45, 7) is 0. The smallest absolute Gasteiger partial charge is 0.388 e. The summed E-state index contributed by atoms with van der Waals surface area (Å²) in [5.41, 5.74) is 0. The van der Waals surface area contributed by atoms with Crippen molar-refractivity contribution in [1.82, 2.24) is 0 Å². The van der Waals surface area contributed by atoms with E-state index in [9.17, 15) is 28.8 Å². The van der Waals surface area contributed by atoms with Gasteiger partial charge in [-0.05, 0) is 0 Å². The number of carbonyl (C=O) groups is 6. The van der Waals surface area contributed by atoms with Gasteiger partial charge in [-0.15, -0.1) is 0 Å². The van der Waals surface area contributed by atoms with Gasteiger partial charge in [-0.3, -0.25) is 24.0 Å². The van der Waals surface area contributed by atoms with Crippen molar-refractivity contribution in [1.29, 1.82) is 0 Å². The molecule has 0 aromatic rings. The molecule has 0 bridgehead atoms. The number of esters is 1. The third-order valence-electron chi connectivity index (χ3n) is 2.15. The largest absolute Gasteiger partial charge is 0.424 e. The van der Waals surface area contributed by atoms with Crippen LogP contribution in [-0.2, 0) is 33.5 Å². The zero-order valence-electron chi connectivity index (χ0n) is 7.51. The van der Waals surface area contributed by atoms with Crippen molar-refractivity contribution in [3.63, 3.8) is 0 Å². The summed E-state index contributed by atoms with van der Waals surface area (Å²) in [4.78, 5) is 66.1. The number of Topliss-reactive ketones (excluding diaryl/α,β-unsaturated/α-hetero) is 4. The van der Waals surface area contributed by atoms with E-state index in [1.807, 2.05) is 0 Å². The normalized spacial score (nSPS) is 25.2. The first-order chi connectivity index (χ1) is 7.43. The first-order valence-electron chi connectivity index (χ1n) is 4.08. The molecule has 1 unspecified atom stereocenters. The third-order valence-corrected chi connectivity index (χ3v) is 2.15. The molecular weight excluding hydrogens is 220 g/mol. The maximum absolute atomic E-state index is 11.3. The Kier molecular flexibility index (Phi) is 1.91. The van der Waals surface area contributed by atoms with Crippen molar-refractivity contribution in [2.75, 3.05) is 0 Å². The van der Waals surface area contributed by atoms with Crippen LogP contribution in [0.25, 0.3) is 0 Å². The fourth-order valence-corrected chi connectivity index (χ4v) is 1.38. The molecule has 0 amide bonds.